The zero-order valence-corrected chi connectivity index (χ0v) is 16.0. The number of rotatable bonds is 4. The number of benzene rings is 2. The van der Waals surface area contributed by atoms with Crippen molar-refractivity contribution in [1.29, 1.82) is 5.26 Å². The summed E-state index contributed by atoms with van der Waals surface area (Å²) in [5.41, 5.74) is 1.94. The van der Waals surface area contributed by atoms with Crippen LogP contribution in [0.25, 0.3) is 34.0 Å². The Kier molecular flexibility index (Phi) is 5.14. The Balaban J connectivity index is 1.78. The molecule has 0 N–H and O–H groups in total. The SMILES string of the molecule is CCOC(=O)n1c(C(C#N)=Cc2ccc(-c3ccc(F)cc3)o2)nc2ccccc21. The number of allylic oxidation sites excluding steroid dienone is 1. The molecule has 30 heavy (non-hydrogen) atoms. The van der Waals surface area contributed by atoms with Crippen LogP contribution in [0, 0.1) is 17.1 Å². The van der Waals surface area contributed by atoms with Crippen molar-refractivity contribution in [1.82, 2.24) is 9.55 Å². The van der Waals surface area contributed by atoms with Gasteiger partial charge in [-0.2, -0.15) is 5.26 Å². The van der Waals surface area contributed by atoms with Crippen LogP contribution in [0.4, 0.5) is 9.18 Å². The van der Waals surface area contributed by atoms with Gasteiger partial charge < -0.3 is 9.15 Å². The number of carbonyl (C=O) groups excluding carboxylic acids is 1. The lowest BCUT2D eigenvalue weighted by molar-refractivity contribution is 0.154. The van der Waals surface area contributed by atoms with Gasteiger partial charge in [-0.3, -0.25) is 0 Å². The van der Waals surface area contributed by atoms with Crippen LogP contribution in [0.5, 0.6) is 0 Å². The van der Waals surface area contributed by atoms with Crippen LogP contribution in [0.15, 0.2) is 65.1 Å². The van der Waals surface area contributed by atoms with Crippen molar-refractivity contribution < 1.29 is 18.3 Å². The van der Waals surface area contributed by atoms with E-state index in [-0.39, 0.29) is 23.8 Å². The summed E-state index contributed by atoms with van der Waals surface area (Å²) in [6.45, 7) is 1.90. The summed E-state index contributed by atoms with van der Waals surface area (Å²) < 4.78 is 25.3. The minimum absolute atomic E-state index is 0.138. The number of hydrogen-bond donors (Lipinski definition) is 0. The summed E-state index contributed by atoms with van der Waals surface area (Å²) in [6.07, 6.45) is 0.887. The molecule has 148 valence electrons. The molecule has 0 saturated heterocycles. The van der Waals surface area contributed by atoms with E-state index in [1.54, 1.807) is 55.5 Å². The standard InChI is InChI=1S/C23H16FN3O3/c1-2-29-23(28)27-20-6-4-3-5-19(20)26-22(27)16(14-25)13-18-11-12-21(30-18)15-7-9-17(24)10-8-15/h3-13H,2H2,1H3. The van der Waals surface area contributed by atoms with E-state index < -0.39 is 6.09 Å². The first kappa shape index (κ1) is 19.2. The number of para-hydroxylation sites is 2. The molecule has 0 fully saturated rings. The van der Waals surface area contributed by atoms with Crippen LogP contribution in [0.1, 0.15) is 18.5 Å². The molecule has 0 atom stereocenters. The van der Waals surface area contributed by atoms with Gasteiger partial charge >= 0.3 is 6.09 Å². The first-order valence-electron chi connectivity index (χ1n) is 9.23. The molecule has 0 saturated carbocycles. The van der Waals surface area contributed by atoms with Gasteiger partial charge in [0.15, 0.2) is 5.82 Å². The average molecular weight is 401 g/mol. The van der Waals surface area contributed by atoms with Crippen molar-refractivity contribution in [2.24, 2.45) is 0 Å². The molecule has 2 aromatic carbocycles. The van der Waals surface area contributed by atoms with Gasteiger partial charge in [0, 0.05) is 11.6 Å². The summed E-state index contributed by atoms with van der Waals surface area (Å²) in [6, 6.07) is 18.5. The van der Waals surface area contributed by atoms with Gasteiger partial charge in [0.2, 0.25) is 0 Å². The number of furan rings is 1. The summed E-state index contributed by atoms with van der Waals surface area (Å²) in [4.78, 5) is 17.0. The highest BCUT2D eigenvalue weighted by Crippen LogP contribution is 2.27. The van der Waals surface area contributed by atoms with Crippen LogP contribution in [-0.2, 0) is 4.74 Å². The topological polar surface area (TPSA) is 81.0 Å². The monoisotopic (exact) mass is 401 g/mol. The maximum absolute atomic E-state index is 13.1. The summed E-state index contributed by atoms with van der Waals surface area (Å²) in [5, 5.41) is 9.75. The first-order valence-corrected chi connectivity index (χ1v) is 9.23. The number of nitrogens with zero attached hydrogens (tertiary/aromatic N) is 3. The largest absolute Gasteiger partial charge is 0.457 e. The predicted molar refractivity (Wildman–Crippen MR) is 110 cm³/mol. The molecule has 0 unspecified atom stereocenters. The Bertz CT molecular complexity index is 1290. The van der Waals surface area contributed by atoms with E-state index in [2.05, 4.69) is 11.1 Å². The quantitative estimate of drug-likeness (QED) is 0.422. The van der Waals surface area contributed by atoms with Crippen molar-refractivity contribution in [3.05, 3.63) is 78.1 Å². The second-order valence-corrected chi connectivity index (χ2v) is 6.34. The number of halogens is 1. The predicted octanol–water partition coefficient (Wildman–Crippen LogP) is 5.50. The van der Waals surface area contributed by atoms with Crippen molar-refractivity contribution in [2.75, 3.05) is 6.61 Å². The Labute approximate surface area is 171 Å². The van der Waals surface area contributed by atoms with Gasteiger partial charge in [0.05, 0.1) is 23.2 Å². The molecular weight excluding hydrogens is 385 g/mol. The van der Waals surface area contributed by atoms with E-state index in [9.17, 15) is 14.4 Å². The fourth-order valence-electron chi connectivity index (χ4n) is 3.07. The lowest BCUT2D eigenvalue weighted by Crippen LogP contribution is -2.16. The summed E-state index contributed by atoms with van der Waals surface area (Å²) >= 11 is 0. The Morgan fingerprint density at radius 3 is 2.70 bits per heavy atom. The van der Waals surface area contributed by atoms with E-state index in [0.717, 1.165) is 0 Å². The van der Waals surface area contributed by atoms with Gasteiger partial charge in [-0.25, -0.2) is 18.7 Å². The zero-order chi connectivity index (χ0) is 21.1. The third-order valence-electron chi connectivity index (χ3n) is 4.41. The third-order valence-corrected chi connectivity index (χ3v) is 4.41. The minimum Gasteiger partial charge on any atom is -0.457 e. The Morgan fingerprint density at radius 2 is 1.97 bits per heavy atom. The molecule has 0 aliphatic carbocycles. The van der Waals surface area contributed by atoms with Crippen molar-refractivity contribution in [3.8, 4) is 17.4 Å². The second kappa shape index (κ2) is 8.05. The number of fused-ring (bicyclic) bond motifs is 1. The van der Waals surface area contributed by atoms with Crippen LogP contribution >= 0.6 is 0 Å². The van der Waals surface area contributed by atoms with Crippen LogP contribution in [0.2, 0.25) is 0 Å². The minimum atomic E-state index is -0.617. The highest BCUT2D eigenvalue weighted by Gasteiger charge is 2.21. The van der Waals surface area contributed by atoms with Crippen molar-refractivity contribution >= 4 is 28.8 Å². The third kappa shape index (κ3) is 3.59. The summed E-state index contributed by atoms with van der Waals surface area (Å²) in [5.74, 6) is 0.748. The van der Waals surface area contributed by atoms with Gasteiger partial charge in [-0.05, 0) is 55.5 Å². The van der Waals surface area contributed by atoms with Gasteiger partial charge in [-0.15, -0.1) is 0 Å². The highest BCUT2D eigenvalue weighted by molar-refractivity contribution is 5.96. The number of nitriles is 1. The van der Waals surface area contributed by atoms with Crippen molar-refractivity contribution in [3.63, 3.8) is 0 Å². The molecule has 2 aromatic heterocycles. The van der Waals surface area contributed by atoms with Gasteiger partial charge in [0.25, 0.3) is 0 Å². The normalized spacial score (nSPS) is 11.4. The molecule has 0 aliphatic heterocycles. The van der Waals surface area contributed by atoms with Crippen LogP contribution in [0.3, 0.4) is 0 Å². The first-order chi connectivity index (χ1) is 14.6. The maximum Gasteiger partial charge on any atom is 0.420 e. The van der Waals surface area contributed by atoms with Crippen molar-refractivity contribution in [2.45, 2.75) is 6.92 Å². The molecule has 0 bridgehead atoms. The number of carbonyl (C=O) groups is 1. The molecule has 4 rings (SSSR count). The molecule has 0 aliphatic rings. The van der Waals surface area contributed by atoms with E-state index in [1.807, 2.05) is 0 Å². The molecule has 7 heteroatoms. The van der Waals surface area contributed by atoms with E-state index >= 15 is 0 Å². The van der Waals surface area contributed by atoms with Gasteiger partial charge in [0.1, 0.15) is 23.4 Å². The molecule has 0 spiro atoms. The number of hydrogen-bond acceptors (Lipinski definition) is 5. The van der Waals surface area contributed by atoms with E-state index in [1.165, 1.54) is 22.8 Å². The Morgan fingerprint density at radius 1 is 1.20 bits per heavy atom. The molecule has 6 nitrogen and oxygen atoms in total. The Hall–Kier alpha value is -4.18. The lowest BCUT2D eigenvalue weighted by Gasteiger charge is -2.06. The molecule has 4 aromatic rings. The maximum atomic E-state index is 13.1. The highest BCUT2D eigenvalue weighted by atomic mass is 19.1. The lowest BCUT2D eigenvalue weighted by atomic mass is 10.2. The average Bonchev–Trinajstić information content (AvgIpc) is 3.37. The molecule has 2 heterocycles. The number of ether oxygens (including phenoxy) is 1. The fourth-order valence-corrected chi connectivity index (χ4v) is 3.07. The second-order valence-electron chi connectivity index (χ2n) is 6.34. The smallest absolute Gasteiger partial charge is 0.420 e. The van der Waals surface area contributed by atoms with Crippen LogP contribution in [-0.4, -0.2) is 22.3 Å². The molecule has 0 radical (unpaired) electrons. The number of aromatic nitrogens is 2. The molecular formula is C23H16FN3O3. The number of imidazole rings is 1. The van der Waals surface area contributed by atoms with Crippen LogP contribution < -0.4 is 0 Å². The fraction of sp³-hybridized carbons (Fsp3) is 0.0870. The van der Waals surface area contributed by atoms with E-state index in [0.29, 0.717) is 28.1 Å². The summed E-state index contributed by atoms with van der Waals surface area (Å²) in [7, 11) is 0. The molecule has 0 amide bonds. The zero-order valence-electron chi connectivity index (χ0n) is 16.0. The van der Waals surface area contributed by atoms with Gasteiger partial charge in [-0.1, -0.05) is 12.1 Å². The van der Waals surface area contributed by atoms with E-state index in [4.69, 9.17) is 9.15 Å².